The van der Waals surface area contributed by atoms with Crippen molar-refractivity contribution < 1.29 is 34.3 Å². The monoisotopic (exact) mass is 385 g/mol. The van der Waals surface area contributed by atoms with Gasteiger partial charge in [0.1, 0.15) is 0 Å². The first-order valence-electron chi connectivity index (χ1n) is 5.90. The van der Waals surface area contributed by atoms with Crippen LogP contribution in [-0.2, 0) is 4.79 Å². The van der Waals surface area contributed by atoms with E-state index >= 15 is 0 Å². The zero-order chi connectivity index (χ0) is 20.9. The third kappa shape index (κ3) is 3.68. The molecule has 0 aliphatic heterocycles. The fourth-order valence-corrected chi connectivity index (χ4v) is 1.45. The fraction of sp³-hybridized carbons (Fsp3) is 0.833. The van der Waals surface area contributed by atoms with Gasteiger partial charge in [0.05, 0.1) is 0 Å². The van der Waals surface area contributed by atoms with Crippen LogP contribution in [0, 0.1) is 60.7 Å². The molecule has 0 fully saturated rings. The summed E-state index contributed by atoms with van der Waals surface area (Å²) in [6, 6.07) is 0. The predicted molar refractivity (Wildman–Crippen MR) is 69.7 cm³/mol. The molecule has 0 aromatic carbocycles. The van der Waals surface area contributed by atoms with Crippen LogP contribution in [0.1, 0.15) is 12.8 Å². The Hall–Kier alpha value is -4.13. The van der Waals surface area contributed by atoms with Gasteiger partial charge in [-0.15, -0.1) is 0 Å². The minimum atomic E-state index is -4.08. The van der Waals surface area contributed by atoms with Crippen molar-refractivity contribution in [1.82, 2.24) is 5.32 Å². The summed E-state index contributed by atoms with van der Waals surface area (Å²) in [4.78, 5) is 63.7. The third-order valence-corrected chi connectivity index (χ3v) is 2.96. The predicted octanol–water partition coefficient (Wildman–Crippen LogP) is -2.15. The molecular formula is C6H7N7O13. The summed E-state index contributed by atoms with van der Waals surface area (Å²) in [5.74, 6) is -9.69. The number of hydrogen-bond donors (Lipinski definition) is 1. The van der Waals surface area contributed by atoms with Crippen LogP contribution < -0.4 is 5.32 Å². The topological polar surface area (TPSA) is 288 Å². The molecule has 0 heterocycles. The Morgan fingerprint density at radius 3 is 1.23 bits per heavy atom. The maximum atomic E-state index is 11.4. The van der Waals surface area contributed by atoms with Gasteiger partial charge in [-0.1, -0.05) is 0 Å². The van der Waals surface area contributed by atoms with Crippen LogP contribution in [-0.4, -0.2) is 53.6 Å². The van der Waals surface area contributed by atoms with Gasteiger partial charge in [0.15, 0.2) is 36.0 Å². The molecular weight excluding hydrogens is 378 g/mol. The molecule has 0 aromatic rings. The van der Waals surface area contributed by atoms with Crippen LogP contribution >= 0.6 is 0 Å². The minimum absolute atomic E-state index is 1.33. The Bertz CT molecular complexity index is 558. The van der Waals surface area contributed by atoms with Crippen LogP contribution in [0.4, 0.5) is 0 Å². The molecule has 0 aliphatic carbocycles. The maximum absolute atomic E-state index is 11.4. The van der Waals surface area contributed by atoms with Crippen LogP contribution in [0.3, 0.4) is 0 Å². The van der Waals surface area contributed by atoms with E-state index in [0.717, 1.165) is 0 Å². The number of amides is 1. The Morgan fingerprint density at radius 1 is 0.654 bits per heavy atom. The zero-order valence-corrected chi connectivity index (χ0v) is 12.1. The molecule has 1 amide bonds. The Balaban J connectivity index is 5.32. The van der Waals surface area contributed by atoms with Crippen molar-refractivity contribution in [2.45, 2.75) is 24.4 Å². The molecule has 0 saturated carbocycles. The maximum Gasteiger partial charge on any atom is 0.717 e. The first kappa shape index (κ1) is 21.9. The second-order valence-electron chi connectivity index (χ2n) is 4.37. The van der Waals surface area contributed by atoms with E-state index in [2.05, 4.69) is 0 Å². The largest absolute Gasteiger partial charge is 0.717 e. The van der Waals surface area contributed by atoms with E-state index in [4.69, 9.17) is 0 Å². The van der Waals surface area contributed by atoms with Crippen molar-refractivity contribution in [2.24, 2.45) is 0 Å². The normalized spacial score (nSPS) is 11.2. The standard InChI is InChI=1S/C6H7N7O13/c14-4(1-2-5(8(15)16,9(17)18)10(19)20)7-3-6(11(21)22,12(23)24)13(25)26/h1-3H2,(H,7,14). The Kier molecular flexibility index (Phi) is 6.41. The SMILES string of the molecule is O=C(CCC([N+](=O)[O-])([N+](=O)[O-])[N+](=O)[O-])NCC([N+](=O)[O-])([N+](=O)[O-])[N+](=O)[O-]. The Labute approximate surface area is 138 Å². The van der Waals surface area contributed by atoms with Crippen molar-refractivity contribution in [3.05, 3.63) is 60.7 Å². The van der Waals surface area contributed by atoms with Gasteiger partial charge in [-0.25, -0.2) is 0 Å². The summed E-state index contributed by atoms with van der Waals surface area (Å²) in [5, 5.41) is 65.0. The highest BCUT2D eigenvalue weighted by Crippen LogP contribution is 2.19. The second kappa shape index (κ2) is 7.63. The van der Waals surface area contributed by atoms with Crippen LogP contribution in [0.25, 0.3) is 0 Å². The van der Waals surface area contributed by atoms with Gasteiger partial charge in [-0.2, -0.15) is 0 Å². The molecule has 1 N–H and O–H groups in total. The van der Waals surface area contributed by atoms with Gasteiger partial charge < -0.3 is 5.32 Å². The first-order valence-corrected chi connectivity index (χ1v) is 5.90. The molecule has 0 atom stereocenters. The smallest absolute Gasteiger partial charge is 0.335 e. The van der Waals surface area contributed by atoms with Crippen molar-refractivity contribution >= 4 is 5.91 Å². The first-order chi connectivity index (χ1) is 11.8. The molecule has 0 radical (unpaired) electrons. The van der Waals surface area contributed by atoms with Crippen molar-refractivity contribution in [2.75, 3.05) is 6.54 Å². The fourth-order valence-electron chi connectivity index (χ4n) is 1.45. The average molecular weight is 385 g/mol. The number of hydrogen-bond acceptors (Lipinski definition) is 13. The van der Waals surface area contributed by atoms with E-state index in [-0.39, 0.29) is 0 Å². The van der Waals surface area contributed by atoms with E-state index in [1.165, 1.54) is 5.32 Å². The summed E-state index contributed by atoms with van der Waals surface area (Å²) in [6.45, 7) is -1.82. The van der Waals surface area contributed by atoms with E-state index in [1.807, 2.05) is 0 Å². The third-order valence-electron chi connectivity index (χ3n) is 2.96. The van der Waals surface area contributed by atoms with E-state index in [9.17, 15) is 65.5 Å². The number of nitro groups is 6. The molecule has 20 heteroatoms. The summed E-state index contributed by atoms with van der Waals surface area (Å²) in [5.41, 5.74) is 0. The lowest BCUT2D eigenvalue weighted by Crippen LogP contribution is -2.60. The van der Waals surface area contributed by atoms with Crippen LogP contribution in [0.2, 0.25) is 0 Å². The number of nitrogens with one attached hydrogen (secondary N) is 1. The molecule has 0 saturated heterocycles. The van der Waals surface area contributed by atoms with Crippen LogP contribution in [0.15, 0.2) is 0 Å². The number of nitrogens with zero attached hydrogens (tertiary/aromatic N) is 6. The highest BCUT2D eigenvalue weighted by molar-refractivity contribution is 5.75. The molecule has 0 bridgehead atoms. The second-order valence-corrected chi connectivity index (χ2v) is 4.37. The number of carbonyl (C=O) groups is 1. The van der Waals surface area contributed by atoms with Crippen molar-refractivity contribution in [1.29, 1.82) is 0 Å². The van der Waals surface area contributed by atoms with E-state index in [1.54, 1.807) is 0 Å². The van der Waals surface area contributed by atoms with Gasteiger partial charge >= 0.3 is 11.6 Å². The van der Waals surface area contributed by atoms with Gasteiger partial charge in [0.2, 0.25) is 12.5 Å². The highest BCUT2D eigenvalue weighted by atomic mass is 16.7. The van der Waals surface area contributed by atoms with Crippen molar-refractivity contribution in [3.8, 4) is 0 Å². The van der Waals surface area contributed by atoms with E-state index in [0.29, 0.717) is 0 Å². The highest BCUT2D eigenvalue weighted by Gasteiger charge is 2.71. The van der Waals surface area contributed by atoms with Crippen molar-refractivity contribution in [3.63, 3.8) is 0 Å². The summed E-state index contributed by atoms with van der Waals surface area (Å²) in [6.07, 6.45) is -2.99. The number of carbonyl (C=O) groups excluding carboxylic acids is 1. The molecule has 0 unspecified atom stereocenters. The summed E-state index contributed by atoms with van der Waals surface area (Å²) >= 11 is 0. The summed E-state index contributed by atoms with van der Waals surface area (Å²) in [7, 11) is 0. The molecule has 26 heavy (non-hydrogen) atoms. The minimum Gasteiger partial charge on any atom is -0.335 e. The molecule has 0 aliphatic rings. The van der Waals surface area contributed by atoms with Gasteiger partial charge in [0.25, 0.3) is 0 Å². The summed E-state index contributed by atoms with van der Waals surface area (Å²) < 4.78 is 0. The molecule has 0 spiro atoms. The zero-order valence-electron chi connectivity index (χ0n) is 12.1. The molecule has 144 valence electrons. The van der Waals surface area contributed by atoms with E-state index < -0.39 is 66.4 Å². The van der Waals surface area contributed by atoms with Gasteiger partial charge in [-0.3, -0.25) is 65.5 Å². The van der Waals surface area contributed by atoms with Gasteiger partial charge in [0, 0.05) is 6.42 Å². The molecule has 20 nitrogen and oxygen atoms in total. The lowest BCUT2D eigenvalue weighted by Gasteiger charge is -2.11. The average Bonchev–Trinajstić information content (AvgIpc) is 2.45. The Morgan fingerprint density at radius 2 is 0.962 bits per heavy atom. The van der Waals surface area contributed by atoms with Gasteiger partial charge in [-0.05, 0) is 0 Å². The lowest BCUT2D eigenvalue weighted by atomic mass is 10.2. The quantitative estimate of drug-likeness (QED) is 0.225. The molecule has 0 aromatic heterocycles. The molecule has 0 rings (SSSR count). The lowest BCUT2D eigenvalue weighted by molar-refractivity contribution is -0.970. The van der Waals surface area contributed by atoms with Crippen LogP contribution in [0.5, 0.6) is 0 Å². The number of rotatable bonds is 11.